The number of rotatable bonds is 7. The molecular formula is C19H23Cl2FN2O4. The van der Waals surface area contributed by atoms with Gasteiger partial charge in [0, 0.05) is 22.2 Å². The lowest BCUT2D eigenvalue weighted by Gasteiger charge is -2.34. The van der Waals surface area contributed by atoms with E-state index >= 15 is 0 Å². The van der Waals surface area contributed by atoms with Crippen LogP contribution in [0.2, 0.25) is 10.0 Å². The minimum Gasteiger partial charge on any atom is -0.444 e. The zero-order valence-electron chi connectivity index (χ0n) is 15.6. The Bertz CT molecular complexity index is 732. The van der Waals surface area contributed by atoms with Crippen molar-refractivity contribution >= 4 is 41.0 Å². The maximum atomic E-state index is 12.6. The molecule has 1 N–H and O–H groups in total. The average Bonchev–Trinajstić information content (AvgIpc) is 2.70. The Hall–Kier alpha value is -1.86. The molecule has 1 aromatic carbocycles. The van der Waals surface area contributed by atoms with Crippen LogP contribution in [-0.2, 0) is 20.9 Å². The van der Waals surface area contributed by atoms with E-state index in [1.165, 1.54) is 4.90 Å². The quantitative estimate of drug-likeness (QED) is 0.708. The fraction of sp³-hybridized carbons (Fsp3) is 0.526. The zero-order valence-corrected chi connectivity index (χ0v) is 17.1. The SMILES string of the molecule is CCC(NC(=O)[C@@H]1CCCCN1C(=O)OCc1ccc(Cl)cc1Cl)C(=O)CF. The van der Waals surface area contributed by atoms with Crippen molar-refractivity contribution < 1.29 is 23.5 Å². The maximum absolute atomic E-state index is 12.6. The van der Waals surface area contributed by atoms with Gasteiger partial charge in [-0.15, -0.1) is 0 Å². The molecule has 1 aliphatic rings. The lowest BCUT2D eigenvalue weighted by Crippen LogP contribution is -2.55. The van der Waals surface area contributed by atoms with Gasteiger partial charge in [0.25, 0.3) is 0 Å². The summed E-state index contributed by atoms with van der Waals surface area (Å²) in [7, 11) is 0. The molecule has 1 fully saturated rings. The molecule has 9 heteroatoms. The topological polar surface area (TPSA) is 75.7 Å². The molecule has 2 rings (SSSR count). The number of ketones is 1. The Morgan fingerprint density at radius 3 is 2.71 bits per heavy atom. The van der Waals surface area contributed by atoms with Crippen LogP contribution in [0.15, 0.2) is 18.2 Å². The minimum atomic E-state index is -1.14. The maximum Gasteiger partial charge on any atom is 0.410 e. The molecule has 1 aliphatic heterocycles. The van der Waals surface area contributed by atoms with E-state index in [1.54, 1.807) is 25.1 Å². The summed E-state index contributed by atoms with van der Waals surface area (Å²) in [5.74, 6) is -1.16. The number of likely N-dealkylation sites (tertiary alicyclic amines) is 1. The van der Waals surface area contributed by atoms with Crippen LogP contribution in [0, 0.1) is 0 Å². The first kappa shape index (κ1) is 22.4. The predicted octanol–water partition coefficient (Wildman–Crippen LogP) is 3.92. The number of nitrogens with one attached hydrogen (secondary N) is 1. The van der Waals surface area contributed by atoms with Gasteiger partial charge < -0.3 is 10.1 Å². The van der Waals surface area contributed by atoms with Crippen molar-refractivity contribution in [3.05, 3.63) is 33.8 Å². The smallest absolute Gasteiger partial charge is 0.410 e. The molecule has 0 saturated carbocycles. The van der Waals surface area contributed by atoms with Gasteiger partial charge in [0.2, 0.25) is 5.91 Å². The number of ether oxygens (including phenoxy) is 1. The van der Waals surface area contributed by atoms with Crippen molar-refractivity contribution in [1.29, 1.82) is 0 Å². The van der Waals surface area contributed by atoms with Crippen LogP contribution in [-0.4, -0.2) is 48.0 Å². The number of alkyl halides is 1. The first-order valence-corrected chi connectivity index (χ1v) is 9.89. The van der Waals surface area contributed by atoms with Crippen molar-refractivity contribution in [2.24, 2.45) is 0 Å². The van der Waals surface area contributed by atoms with E-state index in [0.29, 0.717) is 28.6 Å². The van der Waals surface area contributed by atoms with Gasteiger partial charge >= 0.3 is 6.09 Å². The molecule has 0 bridgehead atoms. The Kier molecular flexibility index (Phi) is 8.51. The van der Waals surface area contributed by atoms with E-state index in [9.17, 15) is 18.8 Å². The van der Waals surface area contributed by atoms with E-state index in [0.717, 1.165) is 12.8 Å². The van der Waals surface area contributed by atoms with Crippen molar-refractivity contribution in [2.75, 3.05) is 13.2 Å². The highest BCUT2D eigenvalue weighted by Gasteiger charge is 2.34. The Morgan fingerprint density at radius 2 is 2.07 bits per heavy atom. The van der Waals surface area contributed by atoms with E-state index in [4.69, 9.17) is 27.9 Å². The molecule has 0 radical (unpaired) electrons. The van der Waals surface area contributed by atoms with Crippen molar-refractivity contribution in [3.63, 3.8) is 0 Å². The van der Waals surface area contributed by atoms with Crippen molar-refractivity contribution in [3.8, 4) is 0 Å². The van der Waals surface area contributed by atoms with E-state index in [1.807, 2.05) is 0 Å². The standard InChI is InChI=1S/C19H23Cl2FN2O4/c1-2-15(17(25)10-22)23-18(26)16-5-3-4-8-24(16)19(27)28-11-12-6-7-13(20)9-14(12)21/h6-7,9,15-16H,2-5,8,10-11H2,1H3,(H,23,26)/t15?,16-/m0/s1. The second-order valence-electron chi connectivity index (χ2n) is 6.56. The van der Waals surface area contributed by atoms with Gasteiger partial charge in [0.15, 0.2) is 5.78 Å². The molecule has 2 atom stereocenters. The van der Waals surface area contributed by atoms with Crippen molar-refractivity contribution in [1.82, 2.24) is 10.2 Å². The first-order chi connectivity index (χ1) is 13.4. The third-order valence-electron chi connectivity index (χ3n) is 4.65. The van der Waals surface area contributed by atoms with E-state index < -0.39 is 36.5 Å². The number of Topliss-reactive ketones (excluding diaryl/α,β-unsaturated/α-hetero) is 1. The number of amides is 2. The predicted molar refractivity (Wildman–Crippen MR) is 104 cm³/mol. The lowest BCUT2D eigenvalue weighted by atomic mass is 10.0. The fourth-order valence-electron chi connectivity index (χ4n) is 3.06. The Labute approximate surface area is 173 Å². The molecule has 1 saturated heterocycles. The van der Waals surface area contributed by atoms with E-state index in [-0.39, 0.29) is 13.0 Å². The number of benzene rings is 1. The molecule has 2 amide bonds. The number of halogens is 3. The average molecular weight is 433 g/mol. The first-order valence-electron chi connectivity index (χ1n) is 9.13. The molecular weight excluding hydrogens is 410 g/mol. The van der Waals surface area contributed by atoms with Gasteiger partial charge in [-0.1, -0.05) is 36.2 Å². The highest BCUT2D eigenvalue weighted by atomic mass is 35.5. The van der Waals surface area contributed by atoms with Crippen LogP contribution < -0.4 is 5.32 Å². The summed E-state index contributed by atoms with van der Waals surface area (Å²) >= 11 is 11.9. The highest BCUT2D eigenvalue weighted by Crippen LogP contribution is 2.23. The summed E-state index contributed by atoms with van der Waals surface area (Å²) in [4.78, 5) is 38.1. The molecule has 1 unspecified atom stereocenters. The number of hydrogen-bond donors (Lipinski definition) is 1. The summed E-state index contributed by atoms with van der Waals surface area (Å²) in [6.45, 7) is 0.842. The van der Waals surface area contributed by atoms with Crippen LogP contribution in [0.5, 0.6) is 0 Å². The van der Waals surface area contributed by atoms with Crippen LogP contribution >= 0.6 is 23.2 Å². The summed E-state index contributed by atoms with van der Waals surface area (Å²) in [5, 5.41) is 3.40. The molecule has 0 aromatic heterocycles. The van der Waals surface area contributed by atoms with Gasteiger partial charge in [-0.3, -0.25) is 14.5 Å². The summed E-state index contributed by atoms with van der Waals surface area (Å²) in [6, 6.07) is 3.19. The molecule has 1 aromatic rings. The van der Waals surface area contributed by atoms with Crippen molar-refractivity contribution in [2.45, 2.75) is 51.3 Å². The third-order valence-corrected chi connectivity index (χ3v) is 5.24. The molecule has 6 nitrogen and oxygen atoms in total. The molecule has 154 valence electrons. The van der Waals surface area contributed by atoms with Gasteiger partial charge in [0.1, 0.15) is 19.3 Å². The molecule has 0 spiro atoms. The van der Waals surface area contributed by atoms with Gasteiger partial charge in [-0.05, 0) is 37.8 Å². The summed E-state index contributed by atoms with van der Waals surface area (Å²) in [6.07, 6.45) is 1.58. The monoisotopic (exact) mass is 432 g/mol. The Morgan fingerprint density at radius 1 is 1.32 bits per heavy atom. The summed E-state index contributed by atoms with van der Waals surface area (Å²) < 4.78 is 18.0. The van der Waals surface area contributed by atoms with Gasteiger partial charge in [-0.25, -0.2) is 9.18 Å². The van der Waals surface area contributed by atoms with Gasteiger partial charge in [0.05, 0.1) is 6.04 Å². The molecule has 28 heavy (non-hydrogen) atoms. The highest BCUT2D eigenvalue weighted by molar-refractivity contribution is 6.35. The largest absolute Gasteiger partial charge is 0.444 e. The third kappa shape index (κ3) is 5.82. The number of nitrogens with zero attached hydrogens (tertiary/aromatic N) is 1. The van der Waals surface area contributed by atoms with Gasteiger partial charge in [-0.2, -0.15) is 0 Å². The number of carbonyl (C=O) groups is 3. The number of carbonyl (C=O) groups excluding carboxylic acids is 3. The molecule has 1 heterocycles. The van der Waals surface area contributed by atoms with Crippen LogP contribution in [0.1, 0.15) is 38.2 Å². The summed E-state index contributed by atoms with van der Waals surface area (Å²) in [5.41, 5.74) is 0.594. The number of piperidine rings is 1. The number of hydrogen-bond acceptors (Lipinski definition) is 4. The van der Waals surface area contributed by atoms with Crippen LogP contribution in [0.4, 0.5) is 9.18 Å². The Balaban J connectivity index is 2.01. The fourth-order valence-corrected chi connectivity index (χ4v) is 3.52. The molecule has 0 aliphatic carbocycles. The zero-order chi connectivity index (χ0) is 20.7. The van der Waals surface area contributed by atoms with E-state index in [2.05, 4.69) is 5.32 Å². The normalized spacial score (nSPS) is 17.7. The lowest BCUT2D eigenvalue weighted by molar-refractivity contribution is -0.132. The minimum absolute atomic E-state index is 0.0579. The second kappa shape index (κ2) is 10.6. The van der Waals surface area contributed by atoms with Crippen LogP contribution in [0.3, 0.4) is 0 Å². The van der Waals surface area contributed by atoms with Crippen LogP contribution in [0.25, 0.3) is 0 Å². The second-order valence-corrected chi connectivity index (χ2v) is 7.41.